The molecule has 0 unspecified atom stereocenters. The summed E-state index contributed by atoms with van der Waals surface area (Å²) >= 11 is 0. The predicted octanol–water partition coefficient (Wildman–Crippen LogP) is 3.01. The van der Waals surface area contributed by atoms with Crippen molar-refractivity contribution in [1.82, 2.24) is 0 Å². The first-order valence-electron chi connectivity index (χ1n) is 5.64. The molecule has 2 aliphatic carbocycles. The molecule has 0 radical (unpaired) electrons. The first kappa shape index (κ1) is 10.7. The fourth-order valence-electron chi connectivity index (χ4n) is 1.73. The van der Waals surface area contributed by atoms with E-state index in [1.165, 1.54) is 38.5 Å². The number of hydrogen-bond acceptors (Lipinski definition) is 3. The number of hydrogen-bond donors (Lipinski definition) is 0. The summed E-state index contributed by atoms with van der Waals surface area (Å²) in [6.45, 7) is 1.28. The molecule has 2 saturated carbocycles. The zero-order valence-corrected chi connectivity index (χ0v) is 9.54. The Morgan fingerprint density at radius 2 is 1.36 bits per heavy atom. The molecule has 2 rings (SSSR count). The average Bonchev–Trinajstić information content (AvgIpc) is 1.98. The first-order valence-corrected chi connectivity index (χ1v) is 6.86. The predicted molar refractivity (Wildman–Crippen MR) is 55.6 cm³/mol. The quantitative estimate of drug-likeness (QED) is 0.643. The lowest BCUT2D eigenvalue weighted by Gasteiger charge is -2.26. The average molecular weight is 218 g/mol. The van der Waals surface area contributed by atoms with E-state index in [-0.39, 0.29) is 0 Å². The second-order valence-electron chi connectivity index (χ2n) is 4.47. The van der Waals surface area contributed by atoms with E-state index in [9.17, 15) is 4.57 Å². The second-order valence-corrected chi connectivity index (χ2v) is 5.54. The van der Waals surface area contributed by atoms with Gasteiger partial charge in [0.25, 0.3) is 0 Å². The van der Waals surface area contributed by atoms with Gasteiger partial charge in [0.15, 0.2) is 0 Å². The van der Waals surface area contributed by atoms with Gasteiger partial charge in [-0.2, -0.15) is 0 Å². The third-order valence-electron chi connectivity index (χ3n) is 3.32. The van der Waals surface area contributed by atoms with E-state index in [0.717, 1.165) is 0 Å². The lowest BCUT2D eigenvalue weighted by molar-refractivity contribution is 0.130. The summed E-state index contributed by atoms with van der Waals surface area (Å²) < 4.78 is 21.7. The highest BCUT2D eigenvalue weighted by molar-refractivity contribution is 7.33. The Balaban J connectivity index is 1.49. The standard InChI is InChI=1S/C10H19O3P/c11-14(12-7-9-3-1-4-9)13-8-10-5-2-6-10/h9-10,14H,1-8H2. The van der Waals surface area contributed by atoms with Crippen molar-refractivity contribution in [1.29, 1.82) is 0 Å². The van der Waals surface area contributed by atoms with Crippen LogP contribution in [0, 0.1) is 11.8 Å². The topological polar surface area (TPSA) is 35.5 Å². The van der Waals surface area contributed by atoms with Crippen molar-refractivity contribution in [3.63, 3.8) is 0 Å². The smallest absolute Gasteiger partial charge is 0.310 e. The lowest BCUT2D eigenvalue weighted by Crippen LogP contribution is -2.17. The van der Waals surface area contributed by atoms with Gasteiger partial charge in [0.05, 0.1) is 13.2 Å². The molecule has 0 aromatic heterocycles. The van der Waals surface area contributed by atoms with Gasteiger partial charge in [-0.15, -0.1) is 0 Å². The molecule has 0 spiro atoms. The van der Waals surface area contributed by atoms with Crippen molar-refractivity contribution in [3.05, 3.63) is 0 Å². The van der Waals surface area contributed by atoms with E-state index < -0.39 is 8.25 Å². The van der Waals surface area contributed by atoms with Crippen LogP contribution in [0.15, 0.2) is 0 Å². The molecule has 14 heavy (non-hydrogen) atoms. The molecule has 0 aliphatic heterocycles. The molecule has 0 bridgehead atoms. The molecule has 0 saturated heterocycles. The minimum absolute atomic E-state index is 0.641. The minimum Gasteiger partial charge on any atom is -0.310 e. The fourth-order valence-corrected chi connectivity index (χ4v) is 2.56. The summed E-state index contributed by atoms with van der Waals surface area (Å²) in [5.74, 6) is 1.30. The van der Waals surface area contributed by atoms with Gasteiger partial charge in [0.1, 0.15) is 0 Å². The molecule has 0 aromatic carbocycles. The Morgan fingerprint density at radius 1 is 0.929 bits per heavy atom. The molecular weight excluding hydrogens is 199 g/mol. The molecule has 0 N–H and O–H groups in total. The van der Waals surface area contributed by atoms with Crippen molar-refractivity contribution in [2.75, 3.05) is 13.2 Å². The van der Waals surface area contributed by atoms with Gasteiger partial charge in [-0.3, -0.25) is 4.57 Å². The van der Waals surface area contributed by atoms with Gasteiger partial charge >= 0.3 is 8.25 Å². The molecular formula is C10H19O3P. The van der Waals surface area contributed by atoms with Crippen LogP contribution < -0.4 is 0 Å². The van der Waals surface area contributed by atoms with E-state index in [0.29, 0.717) is 25.0 Å². The SMILES string of the molecule is O=[PH](OCC1CCC1)OCC1CCC1. The molecule has 0 aromatic rings. The van der Waals surface area contributed by atoms with Crippen LogP contribution in [-0.2, 0) is 13.6 Å². The van der Waals surface area contributed by atoms with Crippen LogP contribution in [0.4, 0.5) is 0 Å². The Kier molecular flexibility index (Phi) is 4.03. The van der Waals surface area contributed by atoms with Crippen LogP contribution in [0.25, 0.3) is 0 Å². The van der Waals surface area contributed by atoms with E-state index in [1.807, 2.05) is 0 Å². The Labute approximate surface area is 86.1 Å². The third kappa shape index (κ3) is 3.08. The Hall–Kier alpha value is 0.150. The van der Waals surface area contributed by atoms with Crippen LogP contribution in [0.2, 0.25) is 0 Å². The van der Waals surface area contributed by atoms with Crippen LogP contribution >= 0.6 is 8.25 Å². The molecule has 0 atom stereocenters. The largest absolute Gasteiger partial charge is 0.319 e. The zero-order chi connectivity index (χ0) is 9.80. The van der Waals surface area contributed by atoms with Gasteiger partial charge in [-0.25, -0.2) is 0 Å². The molecule has 2 aliphatic rings. The maximum absolute atomic E-state index is 11.3. The zero-order valence-electron chi connectivity index (χ0n) is 8.54. The maximum atomic E-state index is 11.3. The van der Waals surface area contributed by atoms with E-state index in [1.54, 1.807) is 0 Å². The molecule has 3 nitrogen and oxygen atoms in total. The van der Waals surface area contributed by atoms with Crippen LogP contribution in [-0.4, -0.2) is 13.2 Å². The van der Waals surface area contributed by atoms with E-state index in [4.69, 9.17) is 9.05 Å². The third-order valence-corrected chi connectivity index (χ3v) is 4.13. The van der Waals surface area contributed by atoms with E-state index >= 15 is 0 Å². The van der Waals surface area contributed by atoms with Crippen molar-refractivity contribution in [3.8, 4) is 0 Å². The fraction of sp³-hybridized carbons (Fsp3) is 1.00. The monoisotopic (exact) mass is 218 g/mol. The van der Waals surface area contributed by atoms with Crippen LogP contribution in [0.1, 0.15) is 38.5 Å². The Bertz CT molecular complexity index is 180. The van der Waals surface area contributed by atoms with Gasteiger partial charge in [-0.05, 0) is 37.5 Å². The summed E-state index contributed by atoms with van der Waals surface area (Å²) in [6.07, 6.45) is 7.54. The van der Waals surface area contributed by atoms with Crippen molar-refractivity contribution in [2.45, 2.75) is 38.5 Å². The highest BCUT2D eigenvalue weighted by Gasteiger charge is 2.20. The summed E-state index contributed by atoms with van der Waals surface area (Å²) in [4.78, 5) is 0. The van der Waals surface area contributed by atoms with Gasteiger partial charge in [0.2, 0.25) is 0 Å². The highest BCUT2D eigenvalue weighted by Crippen LogP contribution is 2.34. The van der Waals surface area contributed by atoms with Crippen LogP contribution in [0.3, 0.4) is 0 Å². The van der Waals surface area contributed by atoms with Gasteiger partial charge < -0.3 is 9.05 Å². The molecule has 0 amide bonds. The lowest BCUT2D eigenvalue weighted by atomic mass is 9.86. The van der Waals surface area contributed by atoms with E-state index in [2.05, 4.69) is 0 Å². The molecule has 0 heterocycles. The van der Waals surface area contributed by atoms with Gasteiger partial charge in [-0.1, -0.05) is 12.8 Å². The normalized spacial score (nSPS) is 23.5. The van der Waals surface area contributed by atoms with Crippen LogP contribution in [0.5, 0.6) is 0 Å². The van der Waals surface area contributed by atoms with Gasteiger partial charge in [0, 0.05) is 0 Å². The first-order chi connectivity index (χ1) is 6.84. The Morgan fingerprint density at radius 3 is 1.64 bits per heavy atom. The van der Waals surface area contributed by atoms with Crippen molar-refractivity contribution < 1.29 is 13.6 Å². The molecule has 4 heteroatoms. The molecule has 2 fully saturated rings. The highest BCUT2D eigenvalue weighted by atomic mass is 31.1. The maximum Gasteiger partial charge on any atom is 0.319 e. The summed E-state index contributed by atoms with van der Waals surface area (Å²) in [7, 11) is -2.18. The molecule has 82 valence electrons. The van der Waals surface area contributed by atoms with Crippen molar-refractivity contribution >= 4 is 8.25 Å². The van der Waals surface area contributed by atoms with Crippen molar-refractivity contribution in [2.24, 2.45) is 11.8 Å². The minimum atomic E-state index is -2.18. The summed E-state index contributed by atoms with van der Waals surface area (Å²) in [5.41, 5.74) is 0. The number of rotatable bonds is 6. The summed E-state index contributed by atoms with van der Waals surface area (Å²) in [5, 5.41) is 0. The summed E-state index contributed by atoms with van der Waals surface area (Å²) in [6, 6.07) is 0. The second kappa shape index (κ2) is 5.29.